The zero-order chi connectivity index (χ0) is 78.1. The highest BCUT2D eigenvalue weighted by Gasteiger charge is 2.43. The van der Waals surface area contributed by atoms with Crippen molar-refractivity contribution in [2.24, 2.45) is 28.3 Å². The van der Waals surface area contributed by atoms with E-state index in [-0.39, 0.29) is 132 Å². The van der Waals surface area contributed by atoms with Gasteiger partial charge in [0.1, 0.15) is 36.0 Å². The Labute approximate surface area is 634 Å². The second-order valence-electron chi connectivity index (χ2n) is 26.8. The van der Waals surface area contributed by atoms with E-state index in [1.54, 1.807) is 57.2 Å². The molecule has 586 valence electrons. The van der Waals surface area contributed by atoms with Crippen LogP contribution in [0.2, 0.25) is 0 Å². The number of carbonyl (C=O) groups is 13. The van der Waals surface area contributed by atoms with Crippen molar-refractivity contribution in [1.82, 2.24) is 50.8 Å². The average molecular weight is 1550 g/mol. The molecule has 2 saturated heterocycles. The van der Waals surface area contributed by atoms with Crippen molar-refractivity contribution in [3.05, 3.63) is 94.3 Å². The van der Waals surface area contributed by atoms with Crippen molar-refractivity contribution in [1.29, 1.82) is 0 Å². The van der Waals surface area contributed by atoms with E-state index >= 15 is 0 Å². The van der Waals surface area contributed by atoms with Gasteiger partial charge in [0.2, 0.25) is 47.3 Å². The number of nitrogens with one attached hydrogen (secondary N) is 4. The van der Waals surface area contributed by atoms with Gasteiger partial charge in [-0.2, -0.15) is 35.3 Å². The first-order valence-corrected chi connectivity index (χ1v) is 39.2. The number of fused-ring (bicyclic) bond motifs is 2. The van der Waals surface area contributed by atoms with Gasteiger partial charge < -0.3 is 72.8 Å². The first kappa shape index (κ1) is 87.2. The molecule has 3 aliphatic rings. The molecule has 8 atom stereocenters. The predicted octanol–water partition coefficient (Wildman–Crippen LogP) is 1.48. The molecular formula is C72H101N13O19S3. The van der Waals surface area contributed by atoms with Gasteiger partial charge in [0, 0.05) is 119 Å². The Morgan fingerprint density at radius 1 is 0.645 bits per heavy atom. The van der Waals surface area contributed by atoms with E-state index in [2.05, 4.69) is 26.3 Å². The van der Waals surface area contributed by atoms with Crippen LogP contribution in [-0.2, 0) is 99.1 Å². The Hall–Kier alpha value is -8.74. The standard InChI is InChI=1S/C72H101N13O19S3/c1-4-5-7-16-61(88)76-33-51(70(100)85-23-11-15-58(85)71(101)84-22-10-14-57(84)66(74)96)43-106-41-49-29-48(40-105-28-21-75-62(89)39-104-59-19-17-52-34-82(37-64(92)93)26-24-81(36-63(90)91)25-27-83(38-65(94)95)35-55(59)77-52)30-50(31-49)42-107-44-56(72(102)103)80-69(99)54(32-47-12-8-6-9-13-47)79-68(98)53(18-20-60(73)87)78-67(97)45(2)46(3)86/h6,8-9,12-13,17,19,29-31,33,45-46,51,53-54,56-58,86H,4-5,7,10-11,14-16,18,20-28,32,34-44H2,1-3H3,(H2,73,87)(H2,74,96)(H,75,89)(H,78,97)(H,79,98)(H,80,99)(H,90,91)(H,92,93)(H,94,95)(H,102,103)/t45-,46+,51?,53-,54-,56?,57-,58-/m0/s1. The molecule has 3 aromatic rings. The number of carbonyl (C=O) groups excluding carboxylic acids is 9. The normalized spacial score (nSPS) is 17.6. The Kier molecular flexibility index (Phi) is 36.8. The second-order valence-corrected chi connectivity index (χ2v) is 29.9. The quantitative estimate of drug-likeness (QED) is 0.0282. The smallest absolute Gasteiger partial charge is 0.327 e. The van der Waals surface area contributed by atoms with Gasteiger partial charge in [-0.3, -0.25) is 77.2 Å². The molecule has 1 aromatic heterocycles. The summed E-state index contributed by atoms with van der Waals surface area (Å²) in [7, 11) is 0. The fourth-order valence-electron chi connectivity index (χ4n) is 12.3. The first-order chi connectivity index (χ1) is 51.1. The number of unbranched alkanes of at least 4 members (excludes halogenated alkanes) is 2. The Balaban J connectivity index is 1.19. The number of hydrogen-bond acceptors (Lipinski definition) is 22. The molecule has 2 fully saturated rings. The number of aliphatic hydroxyl groups excluding tert-OH is 1. The number of carboxylic acids is 4. The van der Waals surface area contributed by atoms with Gasteiger partial charge in [-0.05, 0) is 79.8 Å². The van der Waals surface area contributed by atoms with Crippen LogP contribution in [0.15, 0.2) is 65.7 Å². The number of thioether (sulfide) groups is 3. The molecule has 4 heterocycles. The van der Waals surface area contributed by atoms with E-state index in [0.29, 0.717) is 67.2 Å². The second kappa shape index (κ2) is 45.2. The lowest BCUT2D eigenvalue weighted by Gasteiger charge is -2.31. The summed E-state index contributed by atoms with van der Waals surface area (Å²) < 4.78 is 5.99. The number of aromatic nitrogens is 1. The number of rotatable bonds is 43. The zero-order valence-electron chi connectivity index (χ0n) is 60.6. The molecule has 13 N–H and O–H groups in total. The van der Waals surface area contributed by atoms with E-state index in [0.717, 1.165) is 29.5 Å². The number of aliphatic imine (C=N–C) groups is 1. The molecule has 2 bridgehead atoms. The van der Waals surface area contributed by atoms with E-state index in [1.165, 1.54) is 65.1 Å². The molecule has 32 nitrogen and oxygen atoms in total. The predicted molar refractivity (Wildman–Crippen MR) is 400 cm³/mol. The summed E-state index contributed by atoms with van der Waals surface area (Å²) in [5.41, 5.74) is 14.8. The van der Waals surface area contributed by atoms with Gasteiger partial charge in [0.05, 0.1) is 49.0 Å². The van der Waals surface area contributed by atoms with Crippen LogP contribution in [-0.4, -0.2) is 264 Å². The van der Waals surface area contributed by atoms with Crippen LogP contribution in [0.4, 0.5) is 0 Å². The van der Waals surface area contributed by atoms with Crippen molar-refractivity contribution in [2.75, 3.05) is 89.3 Å². The van der Waals surface area contributed by atoms with Crippen LogP contribution in [0.1, 0.15) is 119 Å². The SMILES string of the molecule is CCCCCC(=O)N=CC(CSCc1cc(CSCCNC(=O)COc2ccc3nc2CN(CC(=O)O)CCN(CC(=O)O)CCN(CC(=O)O)C3)cc(CSCC(NC(=O)[C@H](Cc2ccccc2)NC(=O)[C@H](CCC(N)=O)NC(=O)[C@@H](C)[C@@H](C)O)C(=O)O)c1)C(=O)N1CCC[C@H]1C(=O)N1CCC[C@H]1C(N)=O. The minimum atomic E-state index is -1.50. The Morgan fingerprint density at radius 2 is 1.21 bits per heavy atom. The number of amides is 9. The Bertz CT molecular complexity index is 3600. The van der Waals surface area contributed by atoms with Gasteiger partial charge in [-0.25, -0.2) is 9.79 Å². The number of likely N-dealkylation sites (tertiary alicyclic amines) is 2. The molecule has 2 aromatic carbocycles. The van der Waals surface area contributed by atoms with Gasteiger partial charge in [-0.15, -0.1) is 0 Å². The summed E-state index contributed by atoms with van der Waals surface area (Å²) in [4.78, 5) is 186. The summed E-state index contributed by atoms with van der Waals surface area (Å²) >= 11 is 4.06. The summed E-state index contributed by atoms with van der Waals surface area (Å²) in [6.07, 6.45) is 4.02. The summed E-state index contributed by atoms with van der Waals surface area (Å²) in [5, 5.41) is 60.3. The third kappa shape index (κ3) is 30.4. The molecule has 35 heteroatoms. The molecule has 107 heavy (non-hydrogen) atoms. The lowest BCUT2D eigenvalue weighted by Crippen LogP contribution is -2.57. The lowest BCUT2D eigenvalue weighted by atomic mass is 10.0. The van der Waals surface area contributed by atoms with Crippen molar-refractivity contribution < 1.29 is 92.6 Å². The number of primary amides is 2. The number of nitrogens with zero attached hydrogens (tertiary/aromatic N) is 7. The number of aliphatic hydroxyl groups is 1. The maximum Gasteiger partial charge on any atom is 0.327 e. The van der Waals surface area contributed by atoms with E-state index < -0.39 is 127 Å². The molecule has 0 radical (unpaired) electrons. The largest absolute Gasteiger partial charge is 0.482 e. The fraction of sp³-hybridized carbons (Fsp3) is 0.569. The van der Waals surface area contributed by atoms with E-state index in [1.807, 2.05) is 25.1 Å². The highest BCUT2D eigenvalue weighted by atomic mass is 32.2. The molecular weight excluding hydrogens is 1450 g/mol. The van der Waals surface area contributed by atoms with Crippen LogP contribution in [0.5, 0.6) is 5.75 Å². The number of ether oxygens (including phenoxy) is 1. The molecule has 3 aliphatic heterocycles. The average Bonchev–Trinajstić information content (AvgIpc) is 1.73. The van der Waals surface area contributed by atoms with Crippen LogP contribution in [0.25, 0.3) is 0 Å². The summed E-state index contributed by atoms with van der Waals surface area (Å²) in [6.45, 7) is 4.66. The minimum Gasteiger partial charge on any atom is -0.482 e. The highest BCUT2D eigenvalue weighted by molar-refractivity contribution is 7.99. The minimum absolute atomic E-state index is 0.0607. The van der Waals surface area contributed by atoms with Gasteiger partial charge >= 0.3 is 23.9 Å². The van der Waals surface area contributed by atoms with Crippen LogP contribution in [0.3, 0.4) is 0 Å². The van der Waals surface area contributed by atoms with Gasteiger partial charge in [-0.1, -0.05) is 75.2 Å². The molecule has 6 rings (SSSR count). The summed E-state index contributed by atoms with van der Waals surface area (Å²) in [5.74, 6) is -10.5. The van der Waals surface area contributed by atoms with Crippen LogP contribution in [0, 0.1) is 11.8 Å². The van der Waals surface area contributed by atoms with Gasteiger partial charge in [0.25, 0.3) is 5.91 Å². The van der Waals surface area contributed by atoms with Gasteiger partial charge in [0.15, 0.2) is 6.61 Å². The fourth-order valence-corrected chi connectivity index (χ4v) is 15.1. The number of benzene rings is 2. The van der Waals surface area contributed by atoms with Crippen molar-refractivity contribution in [3.63, 3.8) is 0 Å². The van der Waals surface area contributed by atoms with Crippen molar-refractivity contribution >= 4 is 119 Å². The molecule has 2 unspecified atom stereocenters. The highest BCUT2D eigenvalue weighted by Crippen LogP contribution is 2.30. The van der Waals surface area contributed by atoms with E-state index in [9.17, 15) is 87.9 Å². The lowest BCUT2D eigenvalue weighted by molar-refractivity contribution is -0.146. The molecule has 0 saturated carbocycles. The van der Waals surface area contributed by atoms with Crippen molar-refractivity contribution in [2.45, 2.75) is 158 Å². The van der Waals surface area contributed by atoms with Crippen LogP contribution >= 0.6 is 35.3 Å². The number of aliphatic carboxylic acids is 4. The maximum atomic E-state index is 14.7. The van der Waals surface area contributed by atoms with Crippen molar-refractivity contribution in [3.8, 4) is 5.75 Å². The van der Waals surface area contributed by atoms with E-state index in [4.69, 9.17) is 21.2 Å². The third-order valence-corrected chi connectivity index (χ3v) is 21.4. The first-order valence-electron chi connectivity index (χ1n) is 35.7. The Morgan fingerprint density at radius 3 is 1.82 bits per heavy atom. The maximum absolute atomic E-state index is 14.7. The molecule has 0 aliphatic carbocycles. The zero-order valence-corrected chi connectivity index (χ0v) is 63.1. The third-order valence-electron chi connectivity index (χ3n) is 18.1. The van der Waals surface area contributed by atoms with Crippen LogP contribution < -0.4 is 37.5 Å². The number of carboxylic acid groups (broad SMARTS) is 4. The summed E-state index contributed by atoms with van der Waals surface area (Å²) in [6, 6.07) is 11.7. The molecule has 0 spiro atoms. The number of pyridine rings is 1. The topological polar surface area (TPSA) is 474 Å². The monoisotopic (exact) mass is 1550 g/mol. The number of nitrogens with two attached hydrogens (primary N) is 2. The molecule has 9 amide bonds. The number of hydrogen-bond donors (Lipinski definition) is 11.